The van der Waals surface area contributed by atoms with Gasteiger partial charge in [0.1, 0.15) is 0 Å². The number of fused-ring (bicyclic) bond motifs is 1. The molecule has 2 rings (SSSR count). The van der Waals surface area contributed by atoms with Gasteiger partial charge in [-0.2, -0.15) is 0 Å². The van der Waals surface area contributed by atoms with E-state index < -0.39 is 0 Å². The summed E-state index contributed by atoms with van der Waals surface area (Å²) in [6, 6.07) is 8.61. The number of allylic oxidation sites excluding steroid dienone is 6. The average Bonchev–Trinajstić information content (AvgIpc) is 2.81. The predicted octanol–water partition coefficient (Wildman–Crippen LogP) is 5.17. The van der Waals surface area contributed by atoms with E-state index in [1.807, 2.05) is 13.8 Å². The molecule has 0 spiro atoms. The Morgan fingerprint density at radius 1 is 1.18 bits per heavy atom. The van der Waals surface area contributed by atoms with Crippen LogP contribution in [0.1, 0.15) is 38.8 Å². The summed E-state index contributed by atoms with van der Waals surface area (Å²) in [5.41, 5.74) is 5.49. The Hall–Kier alpha value is -1.56. The second-order valence-corrected chi connectivity index (χ2v) is 3.89. The lowest BCUT2D eigenvalue weighted by atomic mass is 10.1. The van der Waals surface area contributed by atoms with E-state index in [1.54, 1.807) is 0 Å². The molecule has 0 heterocycles. The van der Waals surface area contributed by atoms with Crippen LogP contribution in [0.3, 0.4) is 0 Å². The number of rotatable bonds is 2. The highest BCUT2D eigenvalue weighted by molar-refractivity contribution is 5.80. The molecule has 1 aliphatic carbocycles. The maximum atomic E-state index is 2.30. The zero-order valence-electron chi connectivity index (χ0n) is 11.3. The minimum Gasteiger partial charge on any atom is -0.0847 e. The first kappa shape index (κ1) is 13.5. The summed E-state index contributed by atoms with van der Waals surface area (Å²) in [6.07, 6.45) is 9.88. The van der Waals surface area contributed by atoms with E-state index in [0.717, 1.165) is 6.42 Å². The third-order valence-corrected chi connectivity index (χ3v) is 2.85. The molecule has 1 aromatic carbocycles. The zero-order chi connectivity index (χ0) is 12.7. The van der Waals surface area contributed by atoms with Gasteiger partial charge >= 0.3 is 0 Å². The van der Waals surface area contributed by atoms with Crippen LogP contribution in [0, 0.1) is 0 Å². The first-order chi connectivity index (χ1) is 8.31. The van der Waals surface area contributed by atoms with E-state index in [9.17, 15) is 0 Å². The van der Waals surface area contributed by atoms with Crippen molar-refractivity contribution in [2.75, 3.05) is 0 Å². The Labute approximate surface area is 105 Å². The van der Waals surface area contributed by atoms with Gasteiger partial charge in [-0.15, -0.1) is 0 Å². The second kappa shape index (κ2) is 6.90. The Balaban J connectivity index is 0.000000686. The third-order valence-electron chi connectivity index (χ3n) is 2.85. The lowest BCUT2D eigenvalue weighted by molar-refractivity contribution is 1.31. The van der Waals surface area contributed by atoms with E-state index in [0.29, 0.717) is 0 Å². The van der Waals surface area contributed by atoms with Gasteiger partial charge in [-0.25, -0.2) is 0 Å². The molecule has 0 amide bonds. The summed E-state index contributed by atoms with van der Waals surface area (Å²) in [4.78, 5) is 0. The maximum Gasteiger partial charge on any atom is -0.00821 e. The fourth-order valence-corrected chi connectivity index (χ4v) is 1.79. The summed E-state index contributed by atoms with van der Waals surface area (Å²) >= 11 is 0. The van der Waals surface area contributed by atoms with Crippen molar-refractivity contribution in [3.8, 4) is 0 Å². The molecule has 0 N–H and O–H groups in total. The molecule has 0 saturated heterocycles. The van der Waals surface area contributed by atoms with Gasteiger partial charge in [-0.3, -0.25) is 0 Å². The van der Waals surface area contributed by atoms with Crippen molar-refractivity contribution in [1.29, 1.82) is 0 Å². The summed E-state index contributed by atoms with van der Waals surface area (Å²) in [5.74, 6) is 0. The van der Waals surface area contributed by atoms with Crippen LogP contribution in [-0.4, -0.2) is 0 Å². The van der Waals surface area contributed by atoms with Gasteiger partial charge in [0.2, 0.25) is 0 Å². The Morgan fingerprint density at radius 2 is 1.88 bits per heavy atom. The fraction of sp³-hybridized carbons (Fsp3) is 0.294. The van der Waals surface area contributed by atoms with Crippen molar-refractivity contribution >= 4 is 5.57 Å². The van der Waals surface area contributed by atoms with E-state index in [2.05, 4.69) is 62.4 Å². The van der Waals surface area contributed by atoms with Crippen LogP contribution in [0.15, 0.2) is 54.1 Å². The largest absolute Gasteiger partial charge is 0.0847 e. The third kappa shape index (κ3) is 3.45. The molecule has 0 heteroatoms. The van der Waals surface area contributed by atoms with E-state index >= 15 is 0 Å². The monoisotopic (exact) mass is 226 g/mol. The molecule has 0 fully saturated rings. The van der Waals surface area contributed by atoms with Crippen LogP contribution in [0.25, 0.3) is 5.57 Å². The van der Waals surface area contributed by atoms with E-state index in [1.165, 1.54) is 22.3 Å². The van der Waals surface area contributed by atoms with E-state index in [4.69, 9.17) is 0 Å². The molecule has 0 saturated carbocycles. The summed E-state index contributed by atoms with van der Waals surface area (Å²) < 4.78 is 0. The first-order valence-electron chi connectivity index (χ1n) is 6.40. The standard InChI is InChI=1S/C15H16.C2H6/c1-3-12(2)8-9-14-11-10-13-6-4-5-7-15(13)14;1-2/h3-9,11H,10H2,1-2H3;1-2H3/b9-8-,12-3-;. The predicted molar refractivity (Wildman–Crippen MR) is 78.0 cm³/mol. The van der Waals surface area contributed by atoms with Crippen molar-refractivity contribution in [2.24, 2.45) is 0 Å². The van der Waals surface area contributed by atoms with Crippen LogP contribution < -0.4 is 0 Å². The molecule has 0 unspecified atom stereocenters. The van der Waals surface area contributed by atoms with Crippen molar-refractivity contribution in [3.63, 3.8) is 0 Å². The minimum absolute atomic E-state index is 1.07. The molecule has 0 aromatic heterocycles. The van der Waals surface area contributed by atoms with Gasteiger partial charge in [0.15, 0.2) is 0 Å². The van der Waals surface area contributed by atoms with Crippen molar-refractivity contribution in [2.45, 2.75) is 34.1 Å². The fourth-order valence-electron chi connectivity index (χ4n) is 1.79. The quantitative estimate of drug-likeness (QED) is 0.610. The molecule has 0 bridgehead atoms. The van der Waals surface area contributed by atoms with Gasteiger partial charge in [0.05, 0.1) is 0 Å². The van der Waals surface area contributed by atoms with Crippen LogP contribution in [0.4, 0.5) is 0 Å². The number of hydrogen-bond donors (Lipinski definition) is 0. The van der Waals surface area contributed by atoms with Crippen molar-refractivity contribution < 1.29 is 0 Å². The Kier molecular flexibility index (Phi) is 5.48. The van der Waals surface area contributed by atoms with Gasteiger partial charge < -0.3 is 0 Å². The molecule has 17 heavy (non-hydrogen) atoms. The highest BCUT2D eigenvalue weighted by Crippen LogP contribution is 2.28. The lowest BCUT2D eigenvalue weighted by Crippen LogP contribution is -1.81. The summed E-state index contributed by atoms with van der Waals surface area (Å²) in [6.45, 7) is 8.19. The molecular formula is C17H22. The highest BCUT2D eigenvalue weighted by atomic mass is 14.1. The molecule has 1 aliphatic rings. The molecule has 90 valence electrons. The topological polar surface area (TPSA) is 0 Å². The smallest absolute Gasteiger partial charge is 0.00821 e. The molecule has 1 aromatic rings. The number of benzene rings is 1. The van der Waals surface area contributed by atoms with Gasteiger partial charge in [-0.1, -0.05) is 68.0 Å². The molecule has 0 aliphatic heterocycles. The molecule has 0 atom stereocenters. The van der Waals surface area contributed by atoms with Crippen LogP contribution in [-0.2, 0) is 6.42 Å². The molecule has 0 nitrogen and oxygen atoms in total. The van der Waals surface area contributed by atoms with Crippen molar-refractivity contribution in [3.05, 3.63) is 65.3 Å². The van der Waals surface area contributed by atoms with Crippen LogP contribution in [0.5, 0.6) is 0 Å². The Bertz CT molecular complexity index is 445. The summed E-state index contributed by atoms with van der Waals surface area (Å²) in [7, 11) is 0. The average molecular weight is 226 g/mol. The van der Waals surface area contributed by atoms with Crippen LogP contribution >= 0.6 is 0 Å². The van der Waals surface area contributed by atoms with Crippen molar-refractivity contribution in [1.82, 2.24) is 0 Å². The van der Waals surface area contributed by atoms with E-state index in [-0.39, 0.29) is 0 Å². The second-order valence-electron chi connectivity index (χ2n) is 3.89. The summed E-state index contributed by atoms with van der Waals surface area (Å²) in [5, 5.41) is 0. The zero-order valence-corrected chi connectivity index (χ0v) is 11.3. The maximum absolute atomic E-state index is 2.30. The first-order valence-corrected chi connectivity index (χ1v) is 6.40. The van der Waals surface area contributed by atoms with Crippen LogP contribution in [0.2, 0.25) is 0 Å². The molecular weight excluding hydrogens is 204 g/mol. The minimum atomic E-state index is 1.07. The SMILES string of the molecule is C/C=C(C)\C=C/C1=CCc2ccccc21.CC. The van der Waals surface area contributed by atoms with Gasteiger partial charge in [0.25, 0.3) is 0 Å². The lowest BCUT2D eigenvalue weighted by Gasteiger charge is -2.00. The van der Waals surface area contributed by atoms with Gasteiger partial charge in [-0.05, 0) is 37.0 Å². The highest BCUT2D eigenvalue weighted by Gasteiger charge is 2.09. The number of hydrogen-bond acceptors (Lipinski definition) is 0. The molecule has 0 radical (unpaired) electrons. The normalized spacial score (nSPS) is 14.1. The Morgan fingerprint density at radius 3 is 2.59 bits per heavy atom. The van der Waals surface area contributed by atoms with Gasteiger partial charge in [0, 0.05) is 0 Å².